The van der Waals surface area contributed by atoms with Gasteiger partial charge in [-0.05, 0) is 61.8 Å². The van der Waals surface area contributed by atoms with E-state index in [1.54, 1.807) is 4.68 Å². The van der Waals surface area contributed by atoms with E-state index < -0.39 is 0 Å². The standard InChI is InChI=1S/C20H21N3OS3/c1-4-15-9-11-16(12-10-15)21-18(24)14(3)26-19-22-23(20(25)27-19)17-8-6-5-7-13(17)2/h5-12,14H,4H2,1-3H3,(H,21,24)/t14-/m0/s1. The van der Waals surface area contributed by atoms with Gasteiger partial charge >= 0.3 is 0 Å². The molecule has 1 N–H and O–H groups in total. The van der Waals surface area contributed by atoms with Gasteiger partial charge in [-0.1, -0.05) is 60.4 Å². The van der Waals surface area contributed by atoms with E-state index in [0.717, 1.165) is 27.7 Å². The fraction of sp³-hybridized carbons (Fsp3) is 0.250. The molecule has 1 amide bonds. The molecule has 1 atom stereocenters. The van der Waals surface area contributed by atoms with Gasteiger partial charge in [0.15, 0.2) is 8.29 Å². The average Bonchev–Trinajstić information content (AvgIpc) is 3.02. The molecule has 0 aliphatic carbocycles. The molecule has 7 heteroatoms. The maximum Gasteiger partial charge on any atom is 0.237 e. The van der Waals surface area contributed by atoms with Crippen LogP contribution in [0.5, 0.6) is 0 Å². The molecule has 0 radical (unpaired) electrons. The Morgan fingerprint density at radius 2 is 1.96 bits per heavy atom. The number of hydrogen-bond donors (Lipinski definition) is 1. The van der Waals surface area contributed by atoms with Gasteiger partial charge in [-0.25, -0.2) is 4.68 Å². The van der Waals surface area contributed by atoms with Crippen LogP contribution in [-0.4, -0.2) is 20.9 Å². The molecule has 1 heterocycles. The van der Waals surface area contributed by atoms with Crippen LogP contribution in [-0.2, 0) is 11.2 Å². The van der Waals surface area contributed by atoms with Crippen molar-refractivity contribution in [1.82, 2.24) is 9.78 Å². The van der Waals surface area contributed by atoms with Gasteiger partial charge in [0.05, 0.1) is 10.9 Å². The van der Waals surface area contributed by atoms with Crippen LogP contribution in [0, 0.1) is 10.9 Å². The number of thioether (sulfide) groups is 1. The van der Waals surface area contributed by atoms with Crippen LogP contribution in [0.1, 0.15) is 25.0 Å². The Labute approximate surface area is 172 Å². The molecule has 0 aliphatic heterocycles. The molecular formula is C20H21N3OS3. The van der Waals surface area contributed by atoms with Gasteiger partial charge in [-0.3, -0.25) is 4.79 Å². The Kier molecular flexibility index (Phi) is 6.46. The lowest BCUT2D eigenvalue weighted by atomic mass is 10.1. The number of carbonyl (C=O) groups excluding carboxylic acids is 1. The van der Waals surface area contributed by atoms with Gasteiger partial charge < -0.3 is 5.32 Å². The first kappa shape index (κ1) is 19.8. The lowest BCUT2D eigenvalue weighted by Gasteiger charge is -2.10. The number of carbonyl (C=O) groups is 1. The van der Waals surface area contributed by atoms with Gasteiger partial charge in [0, 0.05) is 5.69 Å². The molecule has 0 saturated carbocycles. The Morgan fingerprint density at radius 3 is 2.63 bits per heavy atom. The molecule has 0 spiro atoms. The lowest BCUT2D eigenvalue weighted by molar-refractivity contribution is -0.115. The van der Waals surface area contributed by atoms with E-state index in [-0.39, 0.29) is 11.2 Å². The summed E-state index contributed by atoms with van der Waals surface area (Å²) in [7, 11) is 0. The summed E-state index contributed by atoms with van der Waals surface area (Å²) in [6.45, 7) is 6.02. The number of aryl methyl sites for hydroxylation is 2. The van der Waals surface area contributed by atoms with Crippen LogP contribution in [0.2, 0.25) is 0 Å². The zero-order valence-electron chi connectivity index (χ0n) is 15.4. The summed E-state index contributed by atoms with van der Waals surface area (Å²) < 4.78 is 3.23. The Morgan fingerprint density at radius 1 is 1.26 bits per heavy atom. The van der Waals surface area contributed by atoms with Crippen molar-refractivity contribution in [2.45, 2.75) is 36.8 Å². The van der Waals surface area contributed by atoms with E-state index in [9.17, 15) is 4.79 Å². The molecule has 0 fully saturated rings. The third-order valence-electron chi connectivity index (χ3n) is 4.15. The second-order valence-electron chi connectivity index (χ2n) is 6.13. The van der Waals surface area contributed by atoms with Crippen molar-refractivity contribution < 1.29 is 4.79 Å². The number of anilines is 1. The summed E-state index contributed by atoms with van der Waals surface area (Å²) in [5.74, 6) is -0.0483. The van der Waals surface area contributed by atoms with Gasteiger partial charge in [-0.15, -0.1) is 5.10 Å². The number of aromatic nitrogens is 2. The number of amides is 1. The zero-order valence-corrected chi connectivity index (χ0v) is 17.9. The second kappa shape index (κ2) is 8.82. The van der Waals surface area contributed by atoms with Crippen LogP contribution < -0.4 is 5.32 Å². The van der Waals surface area contributed by atoms with E-state index in [2.05, 4.69) is 17.3 Å². The number of rotatable bonds is 6. The molecule has 0 bridgehead atoms. The summed E-state index contributed by atoms with van der Waals surface area (Å²) in [6.07, 6.45) is 0.981. The van der Waals surface area contributed by atoms with Crippen LogP contribution in [0.3, 0.4) is 0 Å². The second-order valence-corrected chi connectivity index (χ2v) is 9.34. The highest BCUT2D eigenvalue weighted by atomic mass is 32.2. The SMILES string of the molecule is CCc1ccc(NC(=O)[C@H](C)Sc2nn(-c3ccccc3C)c(=S)s2)cc1. The molecule has 3 rings (SSSR count). The first-order valence-corrected chi connectivity index (χ1v) is 10.8. The number of para-hydroxylation sites is 1. The maximum absolute atomic E-state index is 12.5. The molecule has 1 aromatic heterocycles. The molecule has 0 saturated heterocycles. The highest BCUT2D eigenvalue weighted by Gasteiger charge is 2.18. The van der Waals surface area contributed by atoms with Crippen molar-refractivity contribution in [2.24, 2.45) is 0 Å². The first-order chi connectivity index (χ1) is 13.0. The van der Waals surface area contributed by atoms with E-state index in [0.29, 0.717) is 3.95 Å². The van der Waals surface area contributed by atoms with Crippen molar-refractivity contribution in [1.29, 1.82) is 0 Å². The monoisotopic (exact) mass is 415 g/mol. The average molecular weight is 416 g/mol. The topological polar surface area (TPSA) is 46.9 Å². The molecule has 140 valence electrons. The first-order valence-electron chi connectivity index (χ1n) is 8.70. The third kappa shape index (κ3) is 4.86. The maximum atomic E-state index is 12.5. The number of nitrogens with zero attached hydrogens (tertiary/aromatic N) is 2. The predicted molar refractivity (Wildman–Crippen MR) is 117 cm³/mol. The number of benzene rings is 2. The summed E-state index contributed by atoms with van der Waals surface area (Å²) in [5, 5.41) is 7.29. The molecule has 4 nitrogen and oxygen atoms in total. The van der Waals surface area contributed by atoms with Crippen LogP contribution >= 0.6 is 35.3 Å². The van der Waals surface area contributed by atoms with Crippen molar-refractivity contribution >= 4 is 46.9 Å². The minimum atomic E-state index is -0.276. The fourth-order valence-electron chi connectivity index (χ4n) is 2.53. The molecule has 27 heavy (non-hydrogen) atoms. The van der Waals surface area contributed by atoms with Gasteiger partial charge in [0.2, 0.25) is 5.91 Å². The number of nitrogens with one attached hydrogen (secondary N) is 1. The van der Waals surface area contributed by atoms with Gasteiger partial charge in [0.1, 0.15) is 0 Å². The Balaban J connectivity index is 1.69. The fourth-order valence-corrected chi connectivity index (χ4v) is 5.03. The predicted octanol–water partition coefficient (Wildman–Crippen LogP) is 5.65. The van der Waals surface area contributed by atoms with Crippen molar-refractivity contribution in [2.75, 3.05) is 5.32 Å². The van der Waals surface area contributed by atoms with E-state index in [4.69, 9.17) is 12.2 Å². The Bertz CT molecular complexity index is 992. The van der Waals surface area contributed by atoms with E-state index in [1.807, 2.05) is 62.4 Å². The molecule has 0 aliphatic rings. The van der Waals surface area contributed by atoms with E-state index in [1.165, 1.54) is 28.7 Å². The molecule has 0 unspecified atom stereocenters. The van der Waals surface area contributed by atoms with Gasteiger partial charge in [-0.2, -0.15) is 0 Å². The normalized spacial score (nSPS) is 12.0. The molecule has 3 aromatic rings. The zero-order chi connectivity index (χ0) is 19.4. The van der Waals surface area contributed by atoms with Crippen LogP contribution in [0.15, 0.2) is 52.9 Å². The Hall–Kier alpha value is -1.96. The van der Waals surface area contributed by atoms with Crippen LogP contribution in [0.25, 0.3) is 5.69 Å². The third-order valence-corrected chi connectivity index (χ3v) is 6.57. The minimum absolute atomic E-state index is 0.0483. The summed E-state index contributed by atoms with van der Waals surface area (Å²) >= 11 is 8.31. The lowest BCUT2D eigenvalue weighted by Crippen LogP contribution is -2.22. The summed E-state index contributed by atoms with van der Waals surface area (Å²) in [4.78, 5) is 12.5. The smallest absolute Gasteiger partial charge is 0.237 e. The summed E-state index contributed by atoms with van der Waals surface area (Å²) in [6, 6.07) is 15.9. The number of hydrogen-bond acceptors (Lipinski definition) is 5. The van der Waals surface area contributed by atoms with Crippen LogP contribution in [0.4, 0.5) is 5.69 Å². The summed E-state index contributed by atoms with van der Waals surface area (Å²) in [5.41, 5.74) is 4.13. The molecular weight excluding hydrogens is 394 g/mol. The highest BCUT2D eigenvalue weighted by Crippen LogP contribution is 2.29. The van der Waals surface area contributed by atoms with Crippen molar-refractivity contribution in [3.05, 3.63) is 63.6 Å². The van der Waals surface area contributed by atoms with E-state index >= 15 is 0 Å². The van der Waals surface area contributed by atoms with Crippen molar-refractivity contribution in [3.63, 3.8) is 0 Å². The van der Waals surface area contributed by atoms with Crippen molar-refractivity contribution in [3.8, 4) is 5.69 Å². The van der Waals surface area contributed by atoms with Gasteiger partial charge in [0.25, 0.3) is 0 Å². The minimum Gasteiger partial charge on any atom is -0.325 e. The largest absolute Gasteiger partial charge is 0.325 e. The quantitative estimate of drug-likeness (QED) is 0.417. The highest BCUT2D eigenvalue weighted by molar-refractivity contribution is 8.02. The molecule has 2 aromatic carbocycles.